The lowest BCUT2D eigenvalue weighted by molar-refractivity contribution is 0.173. The first-order valence-electron chi connectivity index (χ1n) is 6.92. The minimum Gasteiger partial charge on any atom is -0.457 e. The van der Waals surface area contributed by atoms with Gasteiger partial charge in [-0.05, 0) is 43.3 Å². The van der Waals surface area contributed by atoms with Crippen molar-refractivity contribution in [2.24, 2.45) is 0 Å². The zero-order valence-electron chi connectivity index (χ0n) is 12.6. The molecule has 0 bridgehead atoms. The maximum absolute atomic E-state index is 11.8. The molecule has 2 N–H and O–H groups in total. The highest BCUT2D eigenvalue weighted by molar-refractivity contribution is 5.89. The zero-order valence-corrected chi connectivity index (χ0v) is 12.6. The monoisotopic (exact) mass is 301 g/mol. The van der Waals surface area contributed by atoms with Crippen LogP contribution in [0.3, 0.4) is 0 Å². The van der Waals surface area contributed by atoms with Crippen LogP contribution >= 0.6 is 0 Å². The first-order chi connectivity index (χ1) is 10.7. The molecule has 1 atom stereocenters. The van der Waals surface area contributed by atoms with Gasteiger partial charge in [-0.1, -0.05) is 0 Å². The van der Waals surface area contributed by atoms with Crippen molar-refractivity contribution in [3.05, 3.63) is 48.8 Å². The summed E-state index contributed by atoms with van der Waals surface area (Å²) < 4.78 is 10.6. The molecule has 0 saturated carbocycles. The largest absolute Gasteiger partial charge is 0.457 e. The van der Waals surface area contributed by atoms with Gasteiger partial charge in [-0.15, -0.1) is 0 Å². The Balaban J connectivity index is 1.88. The molecular formula is C16H19N3O3. The number of hydrogen-bond donors (Lipinski definition) is 2. The predicted octanol–water partition coefficient (Wildman–Crippen LogP) is 3.03. The van der Waals surface area contributed by atoms with Crippen LogP contribution in [0.15, 0.2) is 48.8 Å². The maximum atomic E-state index is 11.8. The minimum absolute atomic E-state index is 0.0562. The summed E-state index contributed by atoms with van der Waals surface area (Å²) in [6, 6.07) is 10.3. The van der Waals surface area contributed by atoms with E-state index in [1.165, 1.54) is 0 Å². The number of nitrogens with zero attached hydrogens (tertiary/aromatic N) is 1. The smallest absolute Gasteiger partial charge is 0.319 e. The lowest BCUT2D eigenvalue weighted by atomic mass is 10.3. The molecule has 6 heteroatoms. The quantitative estimate of drug-likeness (QED) is 0.860. The molecule has 2 amide bonds. The summed E-state index contributed by atoms with van der Waals surface area (Å²) in [7, 11) is 1.59. The van der Waals surface area contributed by atoms with Gasteiger partial charge in [0.1, 0.15) is 11.5 Å². The van der Waals surface area contributed by atoms with Crippen molar-refractivity contribution >= 4 is 11.7 Å². The summed E-state index contributed by atoms with van der Waals surface area (Å²) in [5.74, 6) is 1.40. The number of nitrogens with one attached hydrogen (secondary N) is 2. The van der Waals surface area contributed by atoms with Gasteiger partial charge in [-0.3, -0.25) is 4.98 Å². The predicted molar refractivity (Wildman–Crippen MR) is 84.2 cm³/mol. The Morgan fingerprint density at radius 2 is 1.77 bits per heavy atom. The second kappa shape index (κ2) is 7.99. The van der Waals surface area contributed by atoms with Gasteiger partial charge in [0.15, 0.2) is 0 Å². The van der Waals surface area contributed by atoms with E-state index >= 15 is 0 Å². The zero-order chi connectivity index (χ0) is 15.8. The molecule has 0 spiro atoms. The summed E-state index contributed by atoms with van der Waals surface area (Å²) in [5, 5.41) is 5.52. The number of urea groups is 1. The highest BCUT2D eigenvalue weighted by Crippen LogP contribution is 2.22. The molecule has 116 valence electrons. The van der Waals surface area contributed by atoms with Crippen LogP contribution in [-0.4, -0.2) is 30.8 Å². The molecule has 0 aliphatic rings. The van der Waals surface area contributed by atoms with E-state index in [4.69, 9.17) is 9.47 Å². The Labute approximate surface area is 129 Å². The van der Waals surface area contributed by atoms with E-state index in [0.717, 1.165) is 0 Å². The molecule has 0 unspecified atom stereocenters. The van der Waals surface area contributed by atoms with Gasteiger partial charge < -0.3 is 20.1 Å². The average Bonchev–Trinajstić information content (AvgIpc) is 2.50. The lowest BCUT2D eigenvalue weighted by Gasteiger charge is -2.13. The van der Waals surface area contributed by atoms with E-state index in [0.29, 0.717) is 23.8 Å². The molecule has 0 radical (unpaired) electrons. The number of carbonyl (C=O) groups is 1. The Kier molecular flexibility index (Phi) is 5.73. The standard InChI is InChI=1S/C16H19N3O3/c1-12(11-21-2)18-16(20)19-13-3-5-14(6-4-13)22-15-7-9-17-10-8-15/h3-10,12H,11H2,1-2H3,(H2,18,19,20)/t12-/m1/s1. The van der Waals surface area contributed by atoms with Gasteiger partial charge in [-0.25, -0.2) is 4.79 Å². The minimum atomic E-state index is -0.271. The van der Waals surface area contributed by atoms with Crippen LogP contribution in [0, 0.1) is 0 Å². The summed E-state index contributed by atoms with van der Waals surface area (Å²) in [5.41, 5.74) is 0.684. The number of rotatable bonds is 6. The van der Waals surface area contributed by atoms with Crippen LogP contribution in [0.2, 0.25) is 0 Å². The Morgan fingerprint density at radius 3 is 2.41 bits per heavy atom. The SMILES string of the molecule is COC[C@@H](C)NC(=O)Nc1ccc(Oc2ccncc2)cc1. The molecule has 6 nitrogen and oxygen atoms in total. The van der Waals surface area contributed by atoms with Crippen molar-refractivity contribution in [2.45, 2.75) is 13.0 Å². The molecular weight excluding hydrogens is 282 g/mol. The second-order valence-electron chi connectivity index (χ2n) is 4.76. The number of pyridine rings is 1. The maximum Gasteiger partial charge on any atom is 0.319 e. The summed E-state index contributed by atoms with van der Waals surface area (Å²) in [4.78, 5) is 15.7. The summed E-state index contributed by atoms with van der Waals surface area (Å²) in [6.07, 6.45) is 3.33. The summed E-state index contributed by atoms with van der Waals surface area (Å²) in [6.45, 7) is 2.33. The van der Waals surface area contributed by atoms with Gasteiger partial charge in [0.05, 0.1) is 12.6 Å². The normalized spacial score (nSPS) is 11.5. The van der Waals surface area contributed by atoms with Crippen molar-refractivity contribution in [1.29, 1.82) is 0 Å². The van der Waals surface area contributed by atoms with Crippen LogP contribution in [0.1, 0.15) is 6.92 Å². The molecule has 0 aliphatic heterocycles. The number of hydrogen-bond acceptors (Lipinski definition) is 4. The van der Waals surface area contributed by atoms with Gasteiger partial charge in [0.2, 0.25) is 0 Å². The number of amides is 2. The van der Waals surface area contributed by atoms with E-state index in [9.17, 15) is 4.79 Å². The topological polar surface area (TPSA) is 72.5 Å². The summed E-state index contributed by atoms with van der Waals surface area (Å²) >= 11 is 0. The van der Waals surface area contributed by atoms with Gasteiger partial charge in [0.25, 0.3) is 0 Å². The van der Waals surface area contributed by atoms with Crippen LogP contribution in [0.5, 0.6) is 11.5 Å². The van der Waals surface area contributed by atoms with E-state index in [1.807, 2.05) is 6.92 Å². The molecule has 0 aliphatic carbocycles. The molecule has 0 saturated heterocycles. The van der Waals surface area contributed by atoms with E-state index in [2.05, 4.69) is 15.6 Å². The molecule has 1 aromatic carbocycles. The second-order valence-corrected chi connectivity index (χ2v) is 4.76. The number of benzene rings is 1. The molecule has 0 fully saturated rings. The average molecular weight is 301 g/mol. The Hall–Kier alpha value is -2.60. The number of ether oxygens (including phenoxy) is 2. The highest BCUT2D eigenvalue weighted by Gasteiger charge is 2.07. The number of methoxy groups -OCH3 is 1. The lowest BCUT2D eigenvalue weighted by Crippen LogP contribution is -2.38. The van der Waals surface area contributed by atoms with Crippen LogP contribution in [-0.2, 0) is 4.74 Å². The number of carbonyl (C=O) groups excluding carboxylic acids is 1. The molecule has 2 aromatic rings. The Bertz CT molecular complexity index is 587. The van der Waals surface area contributed by atoms with Crippen molar-refractivity contribution in [3.63, 3.8) is 0 Å². The molecule has 1 heterocycles. The van der Waals surface area contributed by atoms with Crippen molar-refractivity contribution < 1.29 is 14.3 Å². The fourth-order valence-corrected chi connectivity index (χ4v) is 1.83. The first-order valence-corrected chi connectivity index (χ1v) is 6.92. The van der Waals surface area contributed by atoms with Gasteiger partial charge in [-0.2, -0.15) is 0 Å². The Morgan fingerprint density at radius 1 is 1.14 bits per heavy atom. The van der Waals surface area contributed by atoms with Crippen molar-refractivity contribution in [1.82, 2.24) is 10.3 Å². The van der Waals surface area contributed by atoms with Gasteiger partial charge in [0, 0.05) is 25.2 Å². The third-order valence-corrected chi connectivity index (χ3v) is 2.79. The van der Waals surface area contributed by atoms with Crippen LogP contribution in [0.25, 0.3) is 0 Å². The number of anilines is 1. The van der Waals surface area contributed by atoms with Crippen LogP contribution in [0.4, 0.5) is 10.5 Å². The van der Waals surface area contributed by atoms with E-state index in [1.54, 1.807) is 55.9 Å². The third-order valence-electron chi connectivity index (χ3n) is 2.79. The molecule has 22 heavy (non-hydrogen) atoms. The fraction of sp³-hybridized carbons (Fsp3) is 0.250. The van der Waals surface area contributed by atoms with Crippen molar-refractivity contribution in [2.75, 3.05) is 19.0 Å². The van der Waals surface area contributed by atoms with E-state index < -0.39 is 0 Å². The molecule has 1 aromatic heterocycles. The van der Waals surface area contributed by atoms with E-state index in [-0.39, 0.29) is 12.1 Å². The van der Waals surface area contributed by atoms with Gasteiger partial charge >= 0.3 is 6.03 Å². The first kappa shape index (κ1) is 15.8. The van der Waals surface area contributed by atoms with Crippen LogP contribution < -0.4 is 15.4 Å². The highest BCUT2D eigenvalue weighted by atomic mass is 16.5. The third kappa shape index (κ3) is 5.06. The number of aromatic nitrogens is 1. The fourth-order valence-electron chi connectivity index (χ4n) is 1.83. The molecule has 2 rings (SSSR count). The van der Waals surface area contributed by atoms with Crippen molar-refractivity contribution in [3.8, 4) is 11.5 Å².